The number of rotatable bonds is 8. The molecule has 0 aromatic carbocycles. The van der Waals surface area contributed by atoms with Gasteiger partial charge in [-0.15, -0.1) is 0 Å². The summed E-state index contributed by atoms with van der Waals surface area (Å²) in [5.74, 6) is -0.144. The number of carbonyl (C=O) groups is 2. The fraction of sp³-hybridized carbons (Fsp3) is 0.833. The fourth-order valence-corrected chi connectivity index (χ4v) is 1.31. The normalized spacial score (nSPS) is 10.7. The molecule has 1 amide bonds. The van der Waals surface area contributed by atoms with E-state index in [4.69, 9.17) is 4.74 Å². The van der Waals surface area contributed by atoms with Crippen molar-refractivity contribution >= 4 is 11.9 Å². The molecule has 100 valence electrons. The molecule has 0 radical (unpaired) electrons. The predicted molar refractivity (Wildman–Crippen MR) is 66.6 cm³/mol. The van der Waals surface area contributed by atoms with Crippen molar-refractivity contribution in [1.29, 1.82) is 0 Å². The van der Waals surface area contributed by atoms with Crippen LogP contribution in [0.4, 0.5) is 0 Å². The molecule has 0 aliphatic rings. The minimum absolute atomic E-state index is 0.0444. The molecule has 0 bridgehead atoms. The van der Waals surface area contributed by atoms with Gasteiger partial charge in [0.15, 0.2) is 0 Å². The second kappa shape index (κ2) is 8.98. The van der Waals surface area contributed by atoms with Gasteiger partial charge in [0.2, 0.25) is 5.91 Å². The minimum atomic E-state index is -0.189. The fourth-order valence-electron chi connectivity index (χ4n) is 1.31. The summed E-state index contributed by atoms with van der Waals surface area (Å²) in [6.07, 6.45) is 0.827. The Kier molecular flexibility index (Phi) is 8.40. The minimum Gasteiger partial charge on any atom is -0.466 e. The largest absolute Gasteiger partial charge is 0.466 e. The van der Waals surface area contributed by atoms with E-state index >= 15 is 0 Å². The molecule has 1 N–H and O–H groups in total. The van der Waals surface area contributed by atoms with Gasteiger partial charge in [0.05, 0.1) is 13.0 Å². The van der Waals surface area contributed by atoms with Gasteiger partial charge in [-0.05, 0) is 27.8 Å². The zero-order chi connectivity index (χ0) is 13.3. The molecule has 17 heavy (non-hydrogen) atoms. The number of nitrogens with zero attached hydrogens (tertiary/aromatic N) is 1. The van der Waals surface area contributed by atoms with Crippen LogP contribution in [0.2, 0.25) is 0 Å². The van der Waals surface area contributed by atoms with Gasteiger partial charge in [-0.2, -0.15) is 0 Å². The molecule has 0 aliphatic carbocycles. The van der Waals surface area contributed by atoms with Crippen molar-refractivity contribution in [2.75, 3.05) is 26.7 Å². The van der Waals surface area contributed by atoms with E-state index in [1.165, 1.54) is 0 Å². The Morgan fingerprint density at radius 2 is 1.82 bits per heavy atom. The van der Waals surface area contributed by atoms with Crippen LogP contribution in [-0.2, 0) is 14.3 Å². The van der Waals surface area contributed by atoms with Crippen molar-refractivity contribution in [1.82, 2.24) is 10.2 Å². The van der Waals surface area contributed by atoms with Gasteiger partial charge in [0.1, 0.15) is 0 Å². The number of amides is 1. The van der Waals surface area contributed by atoms with E-state index < -0.39 is 0 Å². The van der Waals surface area contributed by atoms with Crippen LogP contribution in [0.25, 0.3) is 0 Å². The Morgan fingerprint density at radius 1 is 1.24 bits per heavy atom. The van der Waals surface area contributed by atoms with Gasteiger partial charge in [0.25, 0.3) is 0 Å². The standard InChI is InChI=1S/C12H24N2O3/c1-5-17-12(16)7-9-14(4)8-6-11(15)13-10(2)3/h10H,5-9H2,1-4H3,(H,13,15). The van der Waals surface area contributed by atoms with E-state index in [-0.39, 0.29) is 17.9 Å². The molecule has 0 saturated carbocycles. The molecule has 0 aromatic heterocycles. The highest BCUT2D eigenvalue weighted by molar-refractivity contribution is 5.76. The van der Waals surface area contributed by atoms with E-state index in [0.717, 1.165) is 0 Å². The summed E-state index contributed by atoms with van der Waals surface area (Å²) in [7, 11) is 1.89. The lowest BCUT2D eigenvalue weighted by molar-refractivity contribution is -0.143. The third kappa shape index (κ3) is 9.81. The second-order valence-corrected chi connectivity index (χ2v) is 4.33. The maximum Gasteiger partial charge on any atom is 0.307 e. The summed E-state index contributed by atoms with van der Waals surface area (Å²) in [5.41, 5.74) is 0. The molecule has 0 fully saturated rings. The Hall–Kier alpha value is -1.10. The van der Waals surface area contributed by atoms with Crippen molar-refractivity contribution in [2.24, 2.45) is 0 Å². The van der Waals surface area contributed by atoms with Gasteiger partial charge >= 0.3 is 5.97 Å². The highest BCUT2D eigenvalue weighted by Gasteiger charge is 2.08. The molecular formula is C12H24N2O3. The number of hydrogen-bond donors (Lipinski definition) is 1. The molecular weight excluding hydrogens is 220 g/mol. The average molecular weight is 244 g/mol. The molecule has 0 unspecified atom stereocenters. The Labute approximate surface area is 103 Å². The van der Waals surface area contributed by atoms with Crippen LogP contribution in [-0.4, -0.2) is 49.6 Å². The van der Waals surface area contributed by atoms with Crippen LogP contribution in [0.3, 0.4) is 0 Å². The molecule has 0 spiro atoms. The Morgan fingerprint density at radius 3 is 2.35 bits per heavy atom. The van der Waals surface area contributed by atoms with E-state index in [1.54, 1.807) is 6.92 Å². The quantitative estimate of drug-likeness (QED) is 0.641. The van der Waals surface area contributed by atoms with Crippen molar-refractivity contribution in [3.63, 3.8) is 0 Å². The SMILES string of the molecule is CCOC(=O)CCN(C)CCC(=O)NC(C)C. The summed E-state index contributed by atoms with van der Waals surface area (Å²) in [5, 5.41) is 2.83. The van der Waals surface area contributed by atoms with E-state index in [9.17, 15) is 9.59 Å². The van der Waals surface area contributed by atoms with Gasteiger partial charge < -0.3 is 15.0 Å². The second-order valence-electron chi connectivity index (χ2n) is 4.33. The first-order chi connectivity index (χ1) is 7.95. The van der Waals surface area contributed by atoms with Gasteiger partial charge in [-0.3, -0.25) is 9.59 Å². The Balaban J connectivity index is 3.62. The lowest BCUT2D eigenvalue weighted by Gasteiger charge is -2.16. The maximum absolute atomic E-state index is 11.4. The zero-order valence-electron chi connectivity index (χ0n) is 11.3. The predicted octanol–water partition coefficient (Wildman–Crippen LogP) is 0.786. The molecule has 0 atom stereocenters. The van der Waals surface area contributed by atoms with Crippen LogP contribution in [0.1, 0.15) is 33.6 Å². The topological polar surface area (TPSA) is 58.6 Å². The first-order valence-corrected chi connectivity index (χ1v) is 6.09. The first kappa shape index (κ1) is 15.9. The maximum atomic E-state index is 11.4. The van der Waals surface area contributed by atoms with Crippen molar-refractivity contribution in [3.8, 4) is 0 Å². The lowest BCUT2D eigenvalue weighted by Crippen LogP contribution is -2.33. The molecule has 0 saturated heterocycles. The summed E-state index contributed by atoms with van der Waals surface area (Å²) < 4.78 is 4.83. The first-order valence-electron chi connectivity index (χ1n) is 6.09. The molecule has 5 heteroatoms. The average Bonchev–Trinajstić information content (AvgIpc) is 2.23. The third-order valence-corrected chi connectivity index (χ3v) is 2.17. The van der Waals surface area contributed by atoms with Crippen molar-refractivity contribution in [2.45, 2.75) is 39.7 Å². The van der Waals surface area contributed by atoms with Crippen LogP contribution in [0.15, 0.2) is 0 Å². The summed E-state index contributed by atoms with van der Waals surface area (Å²) in [6, 6.07) is 0.173. The van der Waals surface area contributed by atoms with Gasteiger partial charge in [0, 0.05) is 25.6 Å². The smallest absolute Gasteiger partial charge is 0.307 e. The van der Waals surface area contributed by atoms with Gasteiger partial charge in [-0.1, -0.05) is 0 Å². The molecule has 0 aliphatic heterocycles. The Bertz CT molecular complexity index is 242. The zero-order valence-corrected chi connectivity index (χ0v) is 11.3. The van der Waals surface area contributed by atoms with Crippen LogP contribution < -0.4 is 5.32 Å². The van der Waals surface area contributed by atoms with Crippen LogP contribution in [0, 0.1) is 0 Å². The molecule has 0 heterocycles. The number of esters is 1. The van der Waals surface area contributed by atoms with Gasteiger partial charge in [-0.25, -0.2) is 0 Å². The third-order valence-electron chi connectivity index (χ3n) is 2.17. The highest BCUT2D eigenvalue weighted by Crippen LogP contribution is 1.93. The number of ether oxygens (including phenoxy) is 1. The molecule has 5 nitrogen and oxygen atoms in total. The summed E-state index contributed by atoms with van der Waals surface area (Å²) in [6.45, 7) is 7.34. The van der Waals surface area contributed by atoms with E-state index in [2.05, 4.69) is 5.32 Å². The van der Waals surface area contributed by atoms with Crippen LogP contribution in [0.5, 0.6) is 0 Å². The van der Waals surface area contributed by atoms with E-state index in [0.29, 0.717) is 32.5 Å². The van der Waals surface area contributed by atoms with Crippen LogP contribution >= 0.6 is 0 Å². The van der Waals surface area contributed by atoms with E-state index in [1.807, 2.05) is 25.8 Å². The molecule has 0 rings (SSSR count). The lowest BCUT2D eigenvalue weighted by atomic mass is 10.3. The monoisotopic (exact) mass is 244 g/mol. The number of hydrogen-bond acceptors (Lipinski definition) is 4. The van der Waals surface area contributed by atoms with Crippen molar-refractivity contribution in [3.05, 3.63) is 0 Å². The number of carbonyl (C=O) groups excluding carboxylic acids is 2. The highest BCUT2D eigenvalue weighted by atomic mass is 16.5. The summed E-state index contributed by atoms with van der Waals surface area (Å²) >= 11 is 0. The summed E-state index contributed by atoms with van der Waals surface area (Å²) in [4.78, 5) is 24.4. The molecule has 0 aromatic rings. The number of nitrogens with one attached hydrogen (secondary N) is 1. The van der Waals surface area contributed by atoms with Crippen molar-refractivity contribution < 1.29 is 14.3 Å².